The first kappa shape index (κ1) is 37.4. The SMILES string of the molecule is CCCCCCc1cccc2c1-c1c(CCCCCC)c(CCCCCC)c(CCCCCC)c(-c3c4ccccc4cc4ccccc34)c1C2. The van der Waals surface area contributed by atoms with E-state index in [2.05, 4.69) is 100 Å². The lowest BCUT2D eigenvalue weighted by atomic mass is 9.77. The largest absolute Gasteiger partial charge is 0.0654 e. The molecule has 0 unspecified atom stereocenters. The maximum Gasteiger partial charge on any atom is -0.000696 e. The van der Waals surface area contributed by atoms with E-state index in [1.54, 1.807) is 50.1 Å². The van der Waals surface area contributed by atoms with Gasteiger partial charge in [0.2, 0.25) is 0 Å². The molecule has 0 spiro atoms. The smallest absolute Gasteiger partial charge is 0.000696 e. The quantitative estimate of drug-likeness (QED) is 0.0525. The molecule has 0 saturated carbocycles. The number of rotatable bonds is 21. The van der Waals surface area contributed by atoms with Crippen LogP contribution in [0, 0.1) is 0 Å². The summed E-state index contributed by atoms with van der Waals surface area (Å²) in [7, 11) is 0. The van der Waals surface area contributed by atoms with Crippen LogP contribution >= 0.6 is 0 Å². The molecule has 0 saturated heterocycles. The van der Waals surface area contributed by atoms with Crippen LogP contribution < -0.4 is 0 Å². The molecule has 0 aliphatic heterocycles. The van der Waals surface area contributed by atoms with Crippen molar-refractivity contribution >= 4 is 21.5 Å². The average Bonchev–Trinajstić information content (AvgIpc) is 3.55. The second-order valence-corrected chi connectivity index (χ2v) is 15.7. The Kier molecular flexibility index (Phi) is 13.9. The molecule has 0 amide bonds. The highest BCUT2D eigenvalue weighted by molar-refractivity contribution is 6.14. The molecule has 0 nitrogen and oxygen atoms in total. The molecule has 270 valence electrons. The molecule has 0 atom stereocenters. The molecule has 6 rings (SSSR count). The Morgan fingerprint density at radius 1 is 0.392 bits per heavy atom. The van der Waals surface area contributed by atoms with Crippen LogP contribution in [0.5, 0.6) is 0 Å². The van der Waals surface area contributed by atoms with E-state index in [9.17, 15) is 0 Å². The number of fused-ring (bicyclic) bond motifs is 5. The number of hydrogen-bond acceptors (Lipinski definition) is 0. The van der Waals surface area contributed by atoms with Crippen LogP contribution in [0.1, 0.15) is 164 Å². The summed E-state index contributed by atoms with van der Waals surface area (Å²) in [6.07, 6.45) is 27.0. The van der Waals surface area contributed by atoms with Gasteiger partial charge in [0.05, 0.1) is 0 Å². The van der Waals surface area contributed by atoms with Gasteiger partial charge in [0, 0.05) is 0 Å². The third-order valence-electron chi connectivity index (χ3n) is 12.0. The normalized spacial score (nSPS) is 12.2. The Morgan fingerprint density at radius 2 is 0.863 bits per heavy atom. The molecule has 51 heavy (non-hydrogen) atoms. The Balaban J connectivity index is 1.68. The summed E-state index contributed by atoms with van der Waals surface area (Å²) in [6, 6.07) is 28.4. The molecular weight excluding hydrogens is 613 g/mol. The number of unbranched alkanes of at least 4 members (excludes halogenated alkanes) is 12. The summed E-state index contributed by atoms with van der Waals surface area (Å²) >= 11 is 0. The summed E-state index contributed by atoms with van der Waals surface area (Å²) < 4.78 is 0. The number of benzene rings is 5. The monoisotopic (exact) mass is 679 g/mol. The van der Waals surface area contributed by atoms with Gasteiger partial charge in [0.15, 0.2) is 0 Å². The van der Waals surface area contributed by atoms with Crippen LogP contribution in [0.2, 0.25) is 0 Å². The molecular formula is C51H66. The minimum absolute atomic E-state index is 1.07. The summed E-state index contributed by atoms with van der Waals surface area (Å²) in [4.78, 5) is 0. The molecule has 5 aromatic carbocycles. The van der Waals surface area contributed by atoms with Crippen molar-refractivity contribution in [2.24, 2.45) is 0 Å². The van der Waals surface area contributed by atoms with E-state index in [0.29, 0.717) is 0 Å². The molecule has 0 radical (unpaired) electrons. The van der Waals surface area contributed by atoms with Crippen molar-refractivity contribution in [1.82, 2.24) is 0 Å². The zero-order chi connectivity index (χ0) is 35.4. The van der Waals surface area contributed by atoms with Crippen molar-refractivity contribution in [3.63, 3.8) is 0 Å². The van der Waals surface area contributed by atoms with Crippen LogP contribution in [0.15, 0.2) is 72.8 Å². The first-order valence-electron chi connectivity index (χ1n) is 21.4. The van der Waals surface area contributed by atoms with Gasteiger partial charge in [0.1, 0.15) is 0 Å². The molecule has 5 aromatic rings. The number of aryl methyl sites for hydroxylation is 1. The topological polar surface area (TPSA) is 0 Å². The zero-order valence-corrected chi connectivity index (χ0v) is 32.8. The van der Waals surface area contributed by atoms with E-state index in [-0.39, 0.29) is 0 Å². The van der Waals surface area contributed by atoms with E-state index in [1.807, 2.05) is 0 Å². The van der Waals surface area contributed by atoms with Crippen molar-refractivity contribution < 1.29 is 0 Å². The van der Waals surface area contributed by atoms with Gasteiger partial charge < -0.3 is 0 Å². The predicted octanol–water partition coefficient (Wildman–Crippen LogP) is 15.7. The molecule has 0 heterocycles. The lowest BCUT2D eigenvalue weighted by Crippen LogP contribution is -2.10. The summed E-state index contributed by atoms with van der Waals surface area (Å²) in [5.74, 6) is 0. The standard InChI is InChI=1S/C51H66/c1-5-9-13-17-26-38-29-25-30-41-37-47-50(48(38)41)45(34-19-15-11-7-3)44(33-18-14-10-6-2)46(35-20-16-12-8-4)51(47)49-42-31-23-21-27-39(42)36-40-28-22-24-32-43(40)49/h21-25,27-32,36H,5-20,26,33-35,37H2,1-4H3. The molecule has 0 N–H and O–H groups in total. The van der Waals surface area contributed by atoms with E-state index in [4.69, 9.17) is 0 Å². The molecule has 1 aliphatic carbocycles. The summed E-state index contributed by atoms with van der Waals surface area (Å²) in [5.41, 5.74) is 16.5. The van der Waals surface area contributed by atoms with E-state index in [1.165, 1.54) is 156 Å². The third-order valence-corrected chi connectivity index (χ3v) is 12.0. The average molecular weight is 679 g/mol. The van der Waals surface area contributed by atoms with E-state index < -0.39 is 0 Å². The Hall–Kier alpha value is -3.38. The van der Waals surface area contributed by atoms with Gasteiger partial charge in [0.25, 0.3) is 0 Å². The second-order valence-electron chi connectivity index (χ2n) is 15.7. The first-order valence-corrected chi connectivity index (χ1v) is 21.4. The summed E-state index contributed by atoms with van der Waals surface area (Å²) in [6.45, 7) is 9.40. The highest BCUT2D eigenvalue weighted by Crippen LogP contribution is 2.52. The van der Waals surface area contributed by atoms with Gasteiger partial charge in [-0.15, -0.1) is 0 Å². The van der Waals surface area contributed by atoms with E-state index >= 15 is 0 Å². The first-order chi connectivity index (χ1) is 25.2. The van der Waals surface area contributed by atoms with Gasteiger partial charge in [-0.05, 0) is 141 Å². The van der Waals surface area contributed by atoms with Crippen LogP contribution in [-0.2, 0) is 32.1 Å². The van der Waals surface area contributed by atoms with Crippen molar-refractivity contribution in [3.8, 4) is 22.3 Å². The van der Waals surface area contributed by atoms with Crippen molar-refractivity contribution in [3.05, 3.63) is 106 Å². The van der Waals surface area contributed by atoms with Gasteiger partial charge in [-0.2, -0.15) is 0 Å². The lowest BCUT2D eigenvalue weighted by molar-refractivity contribution is 0.640. The molecule has 0 fully saturated rings. The Labute approximate surface area is 311 Å². The van der Waals surface area contributed by atoms with Crippen molar-refractivity contribution in [1.29, 1.82) is 0 Å². The maximum absolute atomic E-state index is 2.49. The van der Waals surface area contributed by atoms with Crippen molar-refractivity contribution in [2.75, 3.05) is 0 Å². The van der Waals surface area contributed by atoms with Gasteiger partial charge in [-0.3, -0.25) is 0 Å². The predicted molar refractivity (Wildman–Crippen MR) is 227 cm³/mol. The van der Waals surface area contributed by atoms with Crippen LogP contribution in [0.25, 0.3) is 43.8 Å². The van der Waals surface area contributed by atoms with Gasteiger partial charge in [-0.1, -0.05) is 171 Å². The fraction of sp³-hybridized carbons (Fsp3) is 0.490. The van der Waals surface area contributed by atoms with Crippen LogP contribution in [-0.4, -0.2) is 0 Å². The van der Waals surface area contributed by atoms with Crippen LogP contribution in [0.3, 0.4) is 0 Å². The highest BCUT2D eigenvalue weighted by atomic mass is 14.4. The fourth-order valence-corrected chi connectivity index (χ4v) is 9.34. The lowest BCUT2D eigenvalue weighted by Gasteiger charge is -2.27. The van der Waals surface area contributed by atoms with Crippen LogP contribution in [0.4, 0.5) is 0 Å². The summed E-state index contributed by atoms with van der Waals surface area (Å²) in [5, 5.41) is 5.60. The minimum atomic E-state index is 1.07. The molecule has 0 bridgehead atoms. The van der Waals surface area contributed by atoms with Crippen molar-refractivity contribution in [2.45, 2.75) is 163 Å². The second kappa shape index (κ2) is 18.9. The van der Waals surface area contributed by atoms with Gasteiger partial charge >= 0.3 is 0 Å². The zero-order valence-electron chi connectivity index (χ0n) is 32.8. The number of hydrogen-bond donors (Lipinski definition) is 0. The third kappa shape index (κ3) is 8.48. The fourth-order valence-electron chi connectivity index (χ4n) is 9.34. The van der Waals surface area contributed by atoms with E-state index in [0.717, 1.165) is 6.42 Å². The molecule has 0 heteroatoms. The molecule has 1 aliphatic rings. The highest BCUT2D eigenvalue weighted by Gasteiger charge is 2.32. The Bertz CT molecular complexity index is 1820. The minimum Gasteiger partial charge on any atom is -0.0654 e. The Morgan fingerprint density at radius 3 is 1.39 bits per heavy atom. The maximum atomic E-state index is 2.49. The molecule has 0 aromatic heterocycles. The van der Waals surface area contributed by atoms with Gasteiger partial charge in [-0.25, -0.2) is 0 Å².